The van der Waals surface area contributed by atoms with Gasteiger partial charge in [0.2, 0.25) is 0 Å². The maximum absolute atomic E-state index is 12.2. The number of hydrogen-bond donors (Lipinski definition) is 3. The first-order valence-electron chi connectivity index (χ1n) is 9.26. The van der Waals surface area contributed by atoms with E-state index in [-0.39, 0.29) is 23.4 Å². The average Bonchev–Trinajstić information content (AvgIpc) is 3.12. The van der Waals surface area contributed by atoms with Gasteiger partial charge in [0.1, 0.15) is 0 Å². The van der Waals surface area contributed by atoms with E-state index in [1.807, 2.05) is 30.3 Å². The molecule has 0 saturated carbocycles. The van der Waals surface area contributed by atoms with E-state index in [0.29, 0.717) is 5.56 Å². The molecule has 0 bridgehead atoms. The summed E-state index contributed by atoms with van der Waals surface area (Å²) in [5, 5.41) is 7.28. The molecule has 150 valence electrons. The molecule has 29 heavy (non-hydrogen) atoms. The molecule has 0 unspecified atom stereocenters. The Hall–Kier alpha value is -2.67. The van der Waals surface area contributed by atoms with Crippen LogP contribution in [0.4, 0.5) is 5.69 Å². The molecule has 1 aromatic heterocycles. The summed E-state index contributed by atoms with van der Waals surface area (Å²) in [6, 6.07) is 15.1. The van der Waals surface area contributed by atoms with Crippen molar-refractivity contribution in [3.63, 3.8) is 0 Å². The van der Waals surface area contributed by atoms with Crippen LogP contribution in [0.3, 0.4) is 0 Å². The summed E-state index contributed by atoms with van der Waals surface area (Å²) in [7, 11) is 2.13. The first-order chi connectivity index (χ1) is 13.6. The highest BCUT2D eigenvalue weighted by atomic mass is 35.5. The van der Waals surface area contributed by atoms with Gasteiger partial charge in [-0.15, -0.1) is 12.4 Å². The lowest BCUT2D eigenvalue weighted by Crippen LogP contribution is -2.34. The highest BCUT2D eigenvalue weighted by molar-refractivity contribution is 7.80. The number of nitrogens with one attached hydrogen (secondary N) is 3. The van der Waals surface area contributed by atoms with Crippen LogP contribution in [-0.2, 0) is 0 Å². The highest BCUT2D eigenvalue weighted by Crippen LogP contribution is 2.30. The molecular formula is C22H23ClN4OS. The molecule has 4 rings (SSSR count). The maximum atomic E-state index is 12.2. The van der Waals surface area contributed by atoms with Crippen LogP contribution >= 0.6 is 24.6 Å². The van der Waals surface area contributed by atoms with Crippen molar-refractivity contribution in [3.8, 4) is 0 Å². The monoisotopic (exact) mass is 426 g/mol. The van der Waals surface area contributed by atoms with E-state index in [1.54, 1.807) is 12.1 Å². The van der Waals surface area contributed by atoms with Gasteiger partial charge < -0.3 is 15.2 Å². The zero-order chi connectivity index (χ0) is 19.5. The molecular weight excluding hydrogens is 404 g/mol. The standard InChI is InChI=1S/C22H22N4OS.ClH/c1-26-11-9-15(10-12-26)19-14-23-20-8-7-17(13-18(19)20)24-22(28)25-21(27)16-5-3-2-4-6-16;/h2-9,13-14,23H,10-12H2,1H3,(H2,24,25,27,28);1H. The highest BCUT2D eigenvalue weighted by Gasteiger charge is 2.14. The second-order valence-electron chi connectivity index (χ2n) is 6.98. The van der Waals surface area contributed by atoms with E-state index in [9.17, 15) is 4.79 Å². The molecule has 7 heteroatoms. The fourth-order valence-electron chi connectivity index (χ4n) is 3.41. The summed E-state index contributed by atoms with van der Waals surface area (Å²) in [6.45, 7) is 2.03. The number of aromatic amines is 1. The van der Waals surface area contributed by atoms with Crippen molar-refractivity contribution in [1.82, 2.24) is 15.2 Å². The Labute approximate surface area is 181 Å². The number of rotatable bonds is 3. The number of likely N-dealkylation sites (N-methyl/N-ethyl adjacent to an activating group) is 1. The number of carbonyl (C=O) groups is 1. The second-order valence-corrected chi connectivity index (χ2v) is 7.39. The number of thiocarbonyl (C=S) groups is 1. The predicted octanol–water partition coefficient (Wildman–Crippen LogP) is 4.44. The number of nitrogens with zero attached hydrogens (tertiary/aromatic N) is 1. The van der Waals surface area contributed by atoms with E-state index in [4.69, 9.17) is 12.2 Å². The molecule has 1 amide bonds. The van der Waals surface area contributed by atoms with Crippen LogP contribution in [0, 0.1) is 0 Å². The molecule has 5 nitrogen and oxygen atoms in total. The van der Waals surface area contributed by atoms with Gasteiger partial charge in [-0.3, -0.25) is 10.1 Å². The molecule has 0 radical (unpaired) electrons. The summed E-state index contributed by atoms with van der Waals surface area (Å²) in [6.07, 6.45) is 5.39. The zero-order valence-corrected chi connectivity index (χ0v) is 17.7. The number of halogens is 1. The van der Waals surface area contributed by atoms with Crippen LogP contribution in [0.15, 0.2) is 60.8 Å². The molecule has 2 aromatic carbocycles. The Balaban J connectivity index is 0.00000240. The number of amides is 1. The van der Waals surface area contributed by atoms with Crippen LogP contribution < -0.4 is 10.6 Å². The van der Waals surface area contributed by atoms with E-state index in [0.717, 1.165) is 36.1 Å². The maximum Gasteiger partial charge on any atom is 0.257 e. The Morgan fingerprint density at radius 3 is 2.69 bits per heavy atom. The topological polar surface area (TPSA) is 60.2 Å². The van der Waals surface area contributed by atoms with Gasteiger partial charge in [0.15, 0.2) is 5.11 Å². The average molecular weight is 427 g/mol. The van der Waals surface area contributed by atoms with Gasteiger partial charge in [-0.2, -0.15) is 0 Å². The summed E-state index contributed by atoms with van der Waals surface area (Å²) < 4.78 is 0. The number of benzene rings is 2. The first-order valence-corrected chi connectivity index (χ1v) is 9.67. The minimum absolute atomic E-state index is 0. The van der Waals surface area contributed by atoms with Crippen LogP contribution in [-0.4, -0.2) is 41.0 Å². The molecule has 0 spiro atoms. The van der Waals surface area contributed by atoms with Crippen molar-refractivity contribution in [2.75, 3.05) is 25.5 Å². The number of aromatic nitrogens is 1. The van der Waals surface area contributed by atoms with Crippen molar-refractivity contribution >= 4 is 57.8 Å². The zero-order valence-electron chi connectivity index (χ0n) is 16.1. The summed E-state index contributed by atoms with van der Waals surface area (Å²) in [5.74, 6) is -0.224. The molecule has 2 heterocycles. The van der Waals surface area contributed by atoms with Crippen molar-refractivity contribution < 1.29 is 4.79 Å². The number of carbonyl (C=O) groups excluding carboxylic acids is 1. The van der Waals surface area contributed by atoms with Crippen molar-refractivity contribution in [3.05, 3.63) is 71.9 Å². The van der Waals surface area contributed by atoms with E-state index >= 15 is 0 Å². The van der Waals surface area contributed by atoms with Gasteiger partial charge in [0, 0.05) is 47.0 Å². The quantitative estimate of drug-likeness (QED) is 0.542. The SMILES string of the molecule is CN1CC=C(c2c[nH]c3ccc(NC(=S)NC(=O)c4ccccc4)cc23)CC1.Cl. The largest absolute Gasteiger partial charge is 0.361 e. The van der Waals surface area contributed by atoms with Gasteiger partial charge in [-0.25, -0.2) is 0 Å². The number of H-pyrrole nitrogens is 1. The molecule has 0 fully saturated rings. The van der Waals surface area contributed by atoms with Crippen LogP contribution in [0.2, 0.25) is 0 Å². The molecule has 3 aromatic rings. The Kier molecular flexibility index (Phi) is 6.69. The minimum Gasteiger partial charge on any atom is -0.361 e. The lowest BCUT2D eigenvalue weighted by molar-refractivity contribution is 0.0977. The Bertz CT molecular complexity index is 1060. The Morgan fingerprint density at radius 2 is 1.97 bits per heavy atom. The fraction of sp³-hybridized carbons (Fsp3) is 0.182. The van der Waals surface area contributed by atoms with Gasteiger partial charge in [0.25, 0.3) is 5.91 Å². The predicted molar refractivity (Wildman–Crippen MR) is 126 cm³/mol. The summed E-state index contributed by atoms with van der Waals surface area (Å²) >= 11 is 5.32. The fourth-order valence-corrected chi connectivity index (χ4v) is 3.62. The molecule has 1 aliphatic heterocycles. The first kappa shape index (κ1) is 21.0. The molecule has 3 N–H and O–H groups in total. The van der Waals surface area contributed by atoms with E-state index in [1.165, 1.54) is 11.1 Å². The molecule has 1 aliphatic rings. The third-order valence-corrected chi connectivity index (χ3v) is 5.16. The van der Waals surface area contributed by atoms with E-state index in [2.05, 4.69) is 45.9 Å². The number of hydrogen-bond acceptors (Lipinski definition) is 3. The third kappa shape index (κ3) is 4.85. The van der Waals surface area contributed by atoms with Crippen LogP contribution in [0.5, 0.6) is 0 Å². The minimum atomic E-state index is -0.224. The van der Waals surface area contributed by atoms with Crippen molar-refractivity contribution in [2.24, 2.45) is 0 Å². The lowest BCUT2D eigenvalue weighted by atomic mass is 9.99. The second kappa shape index (κ2) is 9.22. The van der Waals surface area contributed by atoms with Gasteiger partial charge in [-0.05, 0) is 61.6 Å². The van der Waals surface area contributed by atoms with Gasteiger partial charge >= 0.3 is 0 Å². The molecule has 0 saturated heterocycles. The van der Waals surface area contributed by atoms with Crippen molar-refractivity contribution in [2.45, 2.75) is 6.42 Å². The van der Waals surface area contributed by atoms with Crippen LogP contribution in [0.25, 0.3) is 16.5 Å². The van der Waals surface area contributed by atoms with Crippen molar-refractivity contribution in [1.29, 1.82) is 0 Å². The molecule has 0 aliphatic carbocycles. The third-order valence-electron chi connectivity index (χ3n) is 4.96. The smallest absolute Gasteiger partial charge is 0.257 e. The number of anilines is 1. The van der Waals surface area contributed by atoms with Gasteiger partial charge in [0.05, 0.1) is 0 Å². The summed E-state index contributed by atoms with van der Waals surface area (Å²) in [4.78, 5) is 17.9. The van der Waals surface area contributed by atoms with E-state index < -0.39 is 0 Å². The molecule has 0 atom stereocenters. The Morgan fingerprint density at radius 1 is 1.17 bits per heavy atom. The lowest BCUT2D eigenvalue weighted by Gasteiger charge is -2.21. The normalized spacial score (nSPS) is 14.0. The van der Waals surface area contributed by atoms with Crippen LogP contribution in [0.1, 0.15) is 22.3 Å². The summed E-state index contributed by atoms with van der Waals surface area (Å²) in [5.41, 5.74) is 5.09. The van der Waals surface area contributed by atoms with Gasteiger partial charge in [-0.1, -0.05) is 24.3 Å². The number of fused-ring (bicyclic) bond motifs is 1.